The van der Waals surface area contributed by atoms with Crippen LogP contribution >= 0.6 is 22.9 Å². The zero-order valence-corrected chi connectivity index (χ0v) is 13.9. The SMILES string of the molecule is O=C(NCc1ccc(Cl)cc1)N1CCC(c2ccsc2)CC1. The molecule has 0 saturated carbocycles. The van der Waals surface area contributed by atoms with Crippen molar-refractivity contribution in [2.75, 3.05) is 13.1 Å². The molecule has 1 aromatic heterocycles. The van der Waals surface area contributed by atoms with Gasteiger partial charge < -0.3 is 10.2 Å². The van der Waals surface area contributed by atoms with E-state index in [9.17, 15) is 4.79 Å². The van der Waals surface area contributed by atoms with E-state index in [0.29, 0.717) is 17.5 Å². The van der Waals surface area contributed by atoms with Crippen LogP contribution in [0.25, 0.3) is 0 Å². The number of carbonyl (C=O) groups excluding carboxylic acids is 1. The molecule has 1 fully saturated rings. The number of rotatable bonds is 3. The number of hydrogen-bond acceptors (Lipinski definition) is 2. The molecule has 2 aromatic rings. The Morgan fingerprint density at radius 1 is 1.23 bits per heavy atom. The molecular formula is C17H19ClN2OS. The summed E-state index contributed by atoms with van der Waals surface area (Å²) in [5.41, 5.74) is 2.48. The Morgan fingerprint density at radius 2 is 1.95 bits per heavy atom. The second-order valence-corrected chi connectivity index (χ2v) is 6.82. The highest BCUT2D eigenvalue weighted by Crippen LogP contribution is 2.29. The van der Waals surface area contributed by atoms with Gasteiger partial charge in [0.1, 0.15) is 0 Å². The Balaban J connectivity index is 1.46. The van der Waals surface area contributed by atoms with E-state index >= 15 is 0 Å². The molecule has 1 saturated heterocycles. The third-order valence-electron chi connectivity index (χ3n) is 4.15. The van der Waals surface area contributed by atoms with Crippen molar-refractivity contribution in [1.82, 2.24) is 10.2 Å². The summed E-state index contributed by atoms with van der Waals surface area (Å²) in [6.45, 7) is 2.19. The molecule has 0 unspecified atom stereocenters. The number of thiophene rings is 1. The molecule has 2 amide bonds. The monoisotopic (exact) mass is 334 g/mol. The molecule has 0 radical (unpaired) electrons. The van der Waals surface area contributed by atoms with E-state index in [2.05, 4.69) is 22.1 Å². The molecular weight excluding hydrogens is 316 g/mol. The van der Waals surface area contributed by atoms with Crippen molar-refractivity contribution in [1.29, 1.82) is 0 Å². The van der Waals surface area contributed by atoms with E-state index in [1.165, 1.54) is 5.56 Å². The maximum Gasteiger partial charge on any atom is 0.317 e. The minimum atomic E-state index is 0.0266. The number of halogens is 1. The normalized spacial score (nSPS) is 15.8. The average Bonchev–Trinajstić information content (AvgIpc) is 3.09. The van der Waals surface area contributed by atoms with Crippen molar-refractivity contribution in [2.45, 2.75) is 25.3 Å². The molecule has 1 aliphatic rings. The summed E-state index contributed by atoms with van der Waals surface area (Å²) in [5, 5.41) is 8.05. The first-order chi connectivity index (χ1) is 10.7. The number of benzene rings is 1. The summed E-state index contributed by atoms with van der Waals surface area (Å²) in [6, 6.07) is 9.78. The van der Waals surface area contributed by atoms with E-state index < -0.39 is 0 Å². The van der Waals surface area contributed by atoms with Crippen LogP contribution in [0.3, 0.4) is 0 Å². The molecule has 1 N–H and O–H groups in total. The third kappa shape index (κ3) is 3.81. The molecule has 0 aliphatic carbocycles. The molecule has 0 atom stereocenters. The second-order valence-electron chi connectivity index (χ2n) is 5.60. The lowest BCUT2D eigenvalue weighted by Gasteiger charge is -2.31. The number of hydrogen-bond donors (Lipinski definition) is 1. The maximum absolute atomic E-state index is 12.2. The fraction of sp³-hybridized carbons (Fsp3) is 0.353. The van der Waals surface area contributed by atoms with Gasteiger partial charge in [0, 0.05) is 24.7 Å². The summed E-state index contributed by atoms with van der Waals surface area (Å²) >= 11 is 7.60. The van der Waals surface area contributed by atoms with Gasteiger partial charge in [0.15, 0.2) is 0 Å². The Bertz CT molecular complexity index is 604. The minimum absolute atomic E-state index is 0.0266. The van der Waals surface area contributed by atoms with Crippen molar-refractivity contribution >= 4 is 29.0 Å². The van der Waals surface area contributed by atoms with Crippen LogP contribution in [-0.4, -0.2) is 24.0 Å². The van der Waals surface area contributed by atoms with Crippen LogP contribution in [-0.2, 0) is 6.54 Å². The molecule has 1 aliphatic heterocycles. The molecule has 3 nitrogen and oxygen atoms in total. The van der Waals surface area contributed by atoms with Crippen LogP contribution in [0.15, 0.2) is 41.1 Å². The van der Waals surface area contributed by atoms with Gasteiger partial charge in [-0.2, -0.15) is 11.3 Å². The number of nitrogens with zero attached hydrogens (tertiary/aromatic N) is 1. The van der Waals surface area contributed by atoms with Crippen molar-refractivity contribution in [3.05, 3.63) is 57.2 Å². The van der Waals surface area contributed by atoms with Crippen molar-refractivity contribution in [3.63, 3.8) is 0 Å². The Labute approximate surface area is 139 Å². The standard InChI is InChI=1S/C17H19ClN2OS/c18-16-3-1-13(2-4-16)11-19-17(21)20-8-5-14(6-9-20)15-7-10-22-12-15/h1-4,7,10,12,14H,5-6,8-9,11H2,(H,19,21). The summed E-state index contributed by atoms with van der Waals surface area (Å²) in [6.07, 6.45) is 2.09. The number of amides is 2. The third-order valence-corrected chi connectivity index (χ3v) is 5.11. The predicted octanol–water partition coefficient (Wildman–Crippen LogP) is 4.49. The smallest absolute Gasteiger partial charge is 0.317 e. The zero-order chi connectivity index (χ0) is 15.4. The lowest BCUT2D eigenvalue weighted by molar-refractivity contribution is 0.181. The quantitative estimate of drug-likeness (QED) is 0.881. The second kappa shape index (κ2) is 7.16. The molecule has 116 valence electrons. The molecule has 1 aromatic carbocycles. The highest BCUT2D eigenvalue weighted by Gasteiger charge is 2.23. The van der Waals surface area contributed by atoms with Crippen LogP contribution < -0.4 is 5.32 Å². The van der Waals surface area contributed by atoms with Crippen molar-refractivity contribution in [3.8, 4) is 0 Å². The van der Waals surface area contributed by atoms with Gasteiger partial charge in [0.2, 0.25) is 0 Å². The fourth-order valence-electron chi connectivity index (χ4n) is 2.81. The van der Waals surface area contributed by atoms with Gasteiger partial charge in [-0.3, -0.25) is 0 Å². The molecule has 3 rings (SSSR count). The van der Waals surface area contributed by atoms with Crippen LogP contribution in [0.2, 0.25) is 5.02 Å². The van der Waals surface area contributed by atoms with E-state index in [4.69, 9.17) is 11.6 Å². The number of likely N-dealkylation sites (tertiary alicyclic amines) is 1. The number of nitrogens with one attached hydrogen (secondary N) is 1. The van der Waals surface area contributed by atoms with Gasteiger partial charge in [-0.25, -0.2) is 4.79 Å². The Morgan fingerprint density at radius 3 is 2.59 bits per heavy atom. The van der Waals surface area contributed by atoms with Gasteiger partial charge in [-0.15, -0.1) is 0 Å². The van der Waals surface area contributed by atoms with Gasteiger partial charge in [-0.1, -0.05) is 23.7 Å². The van der Waals surface area contributed by atoms with Crippen LogP contribution in [0.1, 0.15) is 29.9 Å². The van der Waals surface area contributed by atoms with Crippen LogP contribution in [0, 0.1) is 0 Å². The minimum Gasteiger partial charge on any atom is -0.334 e. The zero-order valence-electron chi connectivity index (χ0n) is 12.3. The van der Waals surface area contributed by atoms with E-state index in [1.807, 2.05) is 29.2 Å². The van der Waals surface area contributed by atoms with E-state index in [1.54, 1.807) is 11.3 Å². The molecule has 5 heteroatoms. The topological polar surface area (TPSA) is 32.3 Å². The van der Waals surface area contributed by atoms with Gasteiger partial charge >= 0.3 is 6.03 Å². The molecule has 2 heterocycles. The first-order valence-corrected chi connectivity index (χ1v) is 8.84. The number of carbonyl (C=O) groups is 1. The lowest BCUT2D eigenvalue weighted by Crippen LogP contribution is -2.43. The lowest BCUT2D eigenvalue weighted by atomic mass is 9.91. The highest BCUT2D eigenvalue weighted by atomic mass is 35.5. The highest BCUT2D eigenvalue weighted by molar-refractivity contribution is 7.07. The van der Waals surface area contributed by atoms with Gasteiger partial charge in [0.25, 0.3) is 0 Å². The Kier molecular flexibility index (Phi) is 5.01. The Hall–Kier alpha value is -1.52. The maximum atomic E-state index is 12.2. The van der Waals surface area contributed by atoms with Gasteiger partial charge in [0.05, 0.1) is 0 Å². The van der Waals surface area contributed by atoms with Crippen LogP contribution in [0.4, 0.5) is 4.79 Å². The summed E-state index contributed by atoms with van der Waals surface area (Å²) in [5.74, 6) is 0.603. The average molecular weight is 335 g/mol. The van der Waals surface area contributed by atoms with Crippen molar-refractivity contribution in [2.24, 2.45) is 0 Å². The van der Waals surface area contributed by atoms with Gasteiger partial charge in [-0.05, 0) is 58.8 Å². The molecule has 0 bridgehead atoms. The fourth-order valence-corrected chi connectivity index (χ4v) is 3.68. The number of urea groups is 1. The first kappa shape index (κ1) is 15.4. The summed E-state index contributed by atoms with van der Waals surface area (Å²) in [7, 11) is 0. The first-order valence-electron chi connectivity index (χ1n) is 7.51. The van der Waals surface area contributed by atoms with Crippen molar-refractivity contribution < 1.29 is 4.79 Å². The van der Waals surface area contributed by atoms with Crippen LogP contribution in [0.5, 0.6) is 0 Å². The molecule has 0 spiro atoms. The molecule has 22 heavy (non-hydrogen) atoms. The summed E-state index contributed by atoms with van der Waals surface area (Å²) in [4.78, 5) is 14.1. The van der Waals surface area contributed by atoms with E-state index in [0.717, 1.165) is 31.5 Å². The number of piperidine rings is 1. The van der Waals surface area contributed by atoms with E-state index in [-0.39, 0.29) is 6.03 Å². The largest absolute Gasteiger partial charge is 0.334 e. The predicted molar refractivity (Wildman–Crippen MR) is 91.6 cm³/mol. The summed E-state index contributed by atoms with van der Waals surface area (Å²) < 4.78 is 0.